The number of hydrogen-bond donors (Lipinski definition) is 1. The van der Waals surface area contributed by atoms with Gasteiger partial charge in [-0.25, -0.2) is 0 Å². The van der Waals surface area contributed by atoms with E-state index in [1.54, 1.807) is 13.2 Å². The molecule has 0 spiro atoms. The van der Waals surface area contributed by atoms with E-state index >= 15 is 0 Å². The SMILES string of the molecule is COc1cc(C(C)C)c(-c2noc(CN)n2)cc1Cl. The highest BCUT2D eigenvalue weighted by Crippen LogP contribution is 2.36. The Morgan fingerprint density at radius 1 is 1.42 bits per heavy atom. The number of benzene rings is 1. The zero-order valence-corrected chi connectivity index (χ0v) is 11.9. The Bertz CT molecular complexity index is 581. The molecule has 0 aliphatic heterocycles. The minimum Gasteiger partial charge on any atom is -0.495 e. The molecule has 0 unspecified atom stereocenters. The molecule has 2 N–H and O–H groups in total. The molecule has 19 heavy (non-hydrogen) atoms. The Balaban J connectivity index is 2.57. The minimum absolute atomic E-state index is 0.216. The van der Waals surface area contributed by atoms with Crippen molar-refractivity contribution in [2.75, 3.05) is 7.11 Å². The Labute approximate surface area is 116 Å². The largest absolute Gasteiger partial charge is 0.495 e. The lowest BCUT2D eigenvalue weighted by Crippen LogP contribution is -1.98. The lowest BCUT2D eigenvalue weighted by Gasteiger charge is -2.13. The van der Waals surface area contributed by atoms with Crippen molar-refractivity contribution in [1.29, 1.82) is 0 Å². The molecule has 0 radical (unpaired) electrons. The van der Waals surface area contributed by atoms with Crippen LogP contribution in [0.4, 0.5) is 0 Å². The van der Waals surface area contributed by atoms with Crippen molar-refractivity contribution < 1.29 is 9.26 Å². The summed E-state index contributed by atoms with van der Waals surface area (Å²) in [4.78, 5) is 4.24. The maximum absolute atomic E-state index is 6.16. The van der Waals surface area contributed by atoms with Crippen molar-refractivity contribution in [2.24, 2.45) is 5.73 Å². The highest BCUT2D eigenvalue weighted by atomic mass is 35.5. The van der Waals surface area contributed by atoms with Gasteiger partial charge in [0, 0.05) is 5.56 Å². The van der Waals surface area contributed by atoms with Gasteiger partial charge in [0.2, 0.25) is 11.7 Å². The van der Waals surface area contributed by atoms with Crippen LogP contribution in [-0.4, -0.2) is 17.3 Å². The molecule has 0 saturated heterocycles. The molecule has 1 aromatic heterocycles. The van der Waals surface area contributed by atoms with Crippen molar-refractivity contribution in [2.45, 2.75) is 26.3 Å². The zero-order chi connectivity index (χ0) is 14.0. The monoisotopic (exact) mass is 281 g/mol. The Kier molecular flexibility index (Phi) is 4.07. The molecule has 0 aliphatic carbocycles. The first-order valence-corrected chi connectivity index (χ1v) is 6.35. The number of halogens is 1. The van der Waals surface area contributed by atoms with E-state index in [4.69, 9.17) is 26.6 Å². The second-order valence-corrected chi connectivity index (χ2v) is 4.85. The summed E-state index contributed by atoms with van der Waals surface area (Å²) in [5.41, 5.74) is 7.36. The van der Waals surface area contributed by atoms with Crippen LogP contribution in [0.5, 0.6) is 5.75 Å². The van der Waals surface area contributed by atoms with Gasteiger partial charge >= 0.3 is 0 Å². The standard InChI is InChI=1S/C13H16ClN3O2/c1-7(2)8-5-11(18-3)10(14)4-9(8)13-16-12(6-15)19-17-13/h4-5,7H,6,15H2,1-3H3. The van der Waals surface area contributed by atoms with Gasteiger partial charge in [-0.15, -0.1) is 0 Å². The third-order valence-corrected chi connectivity index (χ3v) is 3.12. The number of methoxy groups -OCH3 is 1. The Hall–Kier alpha value is -1.59. The summed E-state index contributed by atoms with van der Waals surface area (Å²) in [6.07, 6.45) is 0. The fraction of sp³-hybridized carbons (Fsp3) is 0.385. The van der Waals surface area contributed by atoms with Crippen molar-refractivity contribution in [1.82, 2.24) is 10.1 Å². The van der Waals surface area contributed by atoms with E-state index < -0.39 is 0 Å². The van der Waals surface area contributed by atoms with Gasteiger partial charge in [0.05, 0.1) is 18.7 Å². The number of rotatable bonds is 4. The fourth-order valence-electron chi connectivity index (χ4n) is 1.84. The van der Waals surface area contributed by atoms with Gasteiger partial charge in [0.15, 0.2) is 0 Å². The summed E-state index contributed by atoms with van der Waals surface area (Å²) in [6, 6.07) is 3.70. The molecule has 0 atom stereocenters. The lowest BCUT2D eigenvalue weighted by molar-refractivity contribution is 0.380. The molecule has 0 aliphatic rings. The van der Waals surface area contributed by atoms with Gasteiger partial charge in [0.25, 0.3) is 0 Å². The highest BCUT2D eigenvalue weighted by molar-refractivity contribution is 6.32. The fourth-order valence-corrected chi connectivity index (χ4v) is 2.08. The van der Waals surface area contributed by atoms with Crippen LogP contribution in [0, 0.1) is 0 Å². The van der Waals surface area contributed by atoms with E-state index in [-0.39, 0.29) is 12.5 Å². The second kappa shape index (κ2) is 5.59. The molecule has 1 aromatic carbocycles. The third kappa shape index (κ3) is 2.72. The summed E-state index contributed by atoms with van der Waals surface area (Å²) < 4.78 is 10.3. The molecule has 1 heterocycles. The molecule has 0 saturated carbocycles. The summed E-state index contributed by atoms with van der Waals surface area (Å²) in [6.45, 7) is 4.38. The van der Waals surface area contributed by atoms with E-state index in [1.165, 1.54) is 0 Å². The van der Waals surface area contributed by atoms with Gasteiger partial charge in [-0.1, -0.05) is 30.6 Å². The maximum atomic E-state index is 6.16. The number of nitrogens with zero attached hydrogens (tertiary/aromatic N) is 2. The van der Waals surface area contributed by atoms with Crippen molar-refractivity contribution in [3.63, 3.8) is 0 Å². The van der Waals surface area contributed by atoms with Crippen molar-refractivity contribution >= 4 is 11.6 Å². The van der Waals surface area contributed by atoms with Gasteiger partial charge in [-0.2, -0.15) is 4.98 Å². The van der Waals surface area contributed by atoms with Crippen molar-refractivity contribution in [3.8, 4) is 17.1 Å². The first-order valence-electron chi connectivity index (χ1n) is 5.97. The molecule has 2 aromatic rings. The van der Waals surface area contributed by atoms with Crippen LogP contribution in [0.25, 0.3) is 11.4 Å². The molecule has 6 heteroatoms. The van der Waals surface area contributed by atoms with Crippen molar-refractivity contribution in [3.05, 3.63) is 28.6 Å². The maximum Gasteiger partial charge on any atom is 0.240 e. The number of ether oxygens (including phenoxy) is 1. The van der Waals surface area contributed by atoms with Gasteiger partial charge in [-0.3, -0.25) is 0 Å². The van der Waals surface area contributed by atoms with Crippen LogP contribution >= 0.6 is 11.6 Å². The molecular formula is C13H16ClN3O2. The predicted molar refractivity (Wildman–Crippen MR) is 73.3 cm³/mol. The van der Waals surface area contributed by atoms with E-state index in [0.717, 1.165) is 11.1 Å². The van der Waals surface area contributed by atoms with E-state index in [2.05, 4.69) is 24.0 Å². The lowest BCUT2D eigenvalue weighted by atomic mass is 9.96. The minimum atomic E-state index is 0.216. The first-order chi connectivity index (χ1) is 9.06. The average Bonchev–Trinajstić information content (AvgIpc) is 2.86. The molecule has 0 amide bonds. The molecule has 5 nitrogen and oxygen atoms in total. The molecule has 102 valence electrons. The second-order valence-electron chi connectivity index (χ2n) is 4.44. The molecule has 0 fully saturated rings. The Morgan fingerprint density at radius 2 is 2.16 bits per heavy atom. The Morgan fingerprint density at radius 3 is 2.68 bits per heavy atom. The van der Waals surface area contributed by atoms with Crippen LogP contribution in [0.2, 0.25) is 5.02 Å². The summed E-state index contributed by atoms with van der Waals surface area (Å²) in [5.74, 6) is 1.81. The van der Waals surface area contributed by atoms with Gasteiger partial charge < -0.3 is 15.0 Å². The highest BCUT2D eigenvalue weighted by Gasteiger charge is 2.17. The smallest absolute Gasteiger partial charge is 0.240 e. The molecular weight excluding hydrogens is 266 g/mol. The number of aromatic nitrogens is 2. The number of hydrogen-bond acceptors (Lipinski definition) is 5. The van der Waals surface area contributed by atoms with Crippen LogP contribution in [0.15, 0.2) is 16.7 Å². The van der Waals surface area contributed by atoms with E-state index in [1.807, 2.05) is 6.07 Å². The first kappa shape index (κ1) is 13.8. The number of nitrogens with two attached hydrogens (primary N) is 1. The molecule has 2 rings (SSSR count). The van der Waals surface area contributed by atoms with E-state index in [9.17, 15) is 0 Å². The van der Waals surface area contributed by atoms with E-state index in [0.29, 0.717) is 22.5 Å². The predicted octanol–water partition coefficient (Wildman–Crippen LogP) is 2.98. The average molecular weight is 282 g/mol. The van der Waals surface area contributed by atoms with Gasteiger partial charge in [0.1, 0.15) is 5.75 Å². The van der Waals surface area contributed by atoms with Crippen LogP contribution in [0.1, 0.15) is 31.2 Å². The van der Waals surface area contributed by atoms with Crippen LogP contribution < -0.4 is 10.5 Å². The molecule has 0 bridgehead atoms. The topological polar surface area (TPSA) is 74.2 Å². The van der Waals surface area contributed by atoms with Crippen LogP contribution in [-0.2, 0) is 6.54 Å². The third-order valence-electron chi connectivity index (χ3n) is 2.83. The quantitative estimate of drug-likeness (QED) is 0.932. The van der Waals surface area contributed by atoms with Gasteiger partial charge in [-0.05, 0) is 23.6 Å². The normalized spacial score (nSPS) is 11.1. The summed E-state index contributed by atoms with van der Waals surface area (Å²) >= 11 is 6.16. The van der Waals surface area contributed by atoms with Crippen LogP contribution in [0.3, 0.4) is 0 Å². The summed E-state index contributed by atoms with van der Waals surface area (Å²) in [7, 11) is 1.59. The summed E-state index contributed by atoms with van der Waals surface area (Å²) in [5, 5.41) is 4.45. The zero-order valence-electron chi connectivity index (χ0n) is 11.1.